The minimum atomic E-state index is -1.48. The number of carbonyl (C=O) groups is 4. The predicted octanol–water partition coefficient (Wildman–Crippen LogP) is -3.15. The fourth-order valence-electron chi connectivity index (χ4n) is 1.30. The van der Waals surface area contributed by atoms with Crippen molar-refractivity contribution in [1.29, 1.82) is 0 Å². The van der Waals surface area contributed by atoms with Crippen LogP contribution in [0.15, 0.2) is 0 Å². The number of aliphatic carboxylic acids is 1. The highest BCUT2D eigenvalue weighted by Crippen LogP contribution is 2.06. The molecule has 3 atom stereocenters. The zero-order valence-electron chi connectivity index (χ0n) is 11.5. The van der Waals surface area contributed by atoms with Gasteiger partial charge >= 0.3 is 5.97 Å². The van der Waals surface area contributed by atoms with E-state index in [2.05, 4.69) is 10.6 Å². The molecule has 10 heteroatoms. The number of nitrogens with one attached hydrogen (secondary N) is 2. The SMILES string of the molecule is CC(O)[C@H](N)NC(=O)CNC(=O)[C@@H](CCC(N)=O)C(=O)O. The van der Waals surface area contributed by atoms with E-state index in [4.69, 9.17) is 21.7 Å². The highest BCUT2D eigenvalue weighted by Gasteiger charge is 2.26. The average molecular weight is 304 g/mol. The Morgan fingerprint density at radius 3 is 2.24 bits per heavy atom. The third-order valence-corrected chi connectivity index (χ3v) is 2.56. The number of aliphatic hydroxyl groups is 1. The van der Waals surface area contributed by atoms with E-state index in [-0.39, 0.29) is 12.8 Å². The van der Waals surface area contributed by atoms with Gasteiger partial charge in [0.15, 0.2) is 0 Å². The maximum Gasteiger partial charge on any atom is 0.316 e. The summed E-state index contributed by atoms with van der Waals surface area (Å²) < 4.78 is 0. The van der Waals surface area contributed by atoms with Crippen LogP contribution in [0, 0.1) is 5.92 Å². The third-order valence-electron chi connectivity index (χ3n) is 2.56. The summed E-state index contributed by atoms with van der Waals surface area (Å²) in [6.45, 7) is 0.868. The smallest absolute Gasteiger partial charge is 0.316 e. The second-order valence-corrected chi connectivity index (χ2v) is 4.45. The average Bonchev–Trinajstić information content (AvgIpc) is 2.35. The molecular formula is C11H20N4O6. The first-order valence-corrected chi connectivity index (χ1v) is 6.17. The molecule has 0 rings (SSSR count). The Morgan fingerprint density at radius 1 is 1.24 bits per heavy atom. The Bertz CT molecular complexity index is 412. The molecule has 1 unspecified atom stereocenters. The van der Waals surface area contributed by atoms with E-state index in [1.54, 1.807) is 0 Å². The molecule has 21 heavy (non-hydrogen) atoms. The fourth-order valence-corrected chi connectivity index (χ4v) is 1.30. The number of carbonyl (C=O) groups excluding carboxylic acids is 3. The molecule has 0 aliphatic rings. The van der Waals surface area contributed by atoms with Crippen molar-refractivity contribution in [3.8, 4) is 0 Å². The standard InChI is InChI=1S/C11H20N4O6/c1-5(16)9(13)15-8(18)4-14-10(19)6(11(20)21)2-3-7(12)17/h5-6,9,16H,2-4,13H2,1H3,(H2,12,17)(H,14,19)(H,15,18)(H,20,21)/t5?,6-,9-/m1/s1. The van der Waals surface area contributed by atoms with Crippen molar-refractivity contribution in [1.82, 2.24) is 10.6 Å². The molecule has 0 radical (unpaired) electrons. The van der Waals surface area contributed by atoms with Gasteiger partial charge in [-0.25, -0.2) is 0 Å². The van der Waals surface area contributed by atoms with Gasteiger partial charge in [-0.05, 0) is 13.3 Å². The van der Waals surface area contributed by atoms with Gasteiger partial charge in [0.05, 0.1) is 12.6 Å². The van der Waals surface area contributed by atoms with E-state index in [9.17, 15) is 19.2 Å². The van der Waals surface area contributed by atoms with Crippen LogP contribution in [0.4, 0.5) is 0 Å². The van der Waals surface area contributed by atoms with Gasteiger partial charge in [0, 0.05) is 6.42 Å². The number of primary amides is 1. The number of rotatable bonds is 9. The number of hydrogen-bond acceptors (Lipinski definition) is 6. The first-order chi connectivity index (χ1) is 9.65. The molecule has 10 nitrogen and oxygen atoms in total. The summed E-state index contributed by atoms with van der Waals surface area (Å²) in [4.78, 5) is 44.5. The Labute approximate surface area is 120 Å². The van der Waals surface area contributed by atoms with Gasteiger partial charge in [-0.3, -0.25) is 19.2 Å². The Hall–Kier alpha value is -2.20. The number of hydrogen-bond donors (Lipinski definition) is 6. The van der Waals surface area contributed by atoms with Gasteiger partial charge in [0.2, 0.25) is 17.7 Å². The minimum absolute atomic E-state index is 0.259. The molecule has 0 aromatic carbocycles. The molecule has 0 fully saturated rings. The fraction of sp³-hybridized carbons (Fsp3) is 0.636. The Morgan fingerprint density at radius 2 is 1.81 bits per heavy atom. The minimum Gasteiger partial charge on any atom is -0.481 e. The van der Waals surface area contributed by atoms with Crippen LogP contribution < -0.4 is 22.1 Å². The molecule has 0 saturated heterocycles. The summed E-state index contributed by atoms with van der Waals surface area (Å²) in [5, 5.41) is 22.3. The molecular weight excluding hydrogens is 284 g/mol. The topological polar surface area (TPSA) is 185 Å². The number of carboxylic acid groups (broad SMARTS) is 1. The summed E-state index contributed by atoms with van der Waals surface area (Å²) >= 11 is 0. The lowest BCUT2D eigenvalue weighted by Gasteiger charge is -2.17. The van der Waals surface area contributed by atoms with Crippen LogP contribution in [0.2, 0.25) is 0 Å². The monoisotopic (exact) mass is 304 g/mol. The summed E-state index contributed by atoms with van der Waals surface area (Å²) in [6, 6.07) is 0. The van der Waals surface area contributed by atoms with Gasteiger partial charge in [-0.1, -0.05) is 0 Å². The summed E-state index contributed by atoms with van der Waals surface area (Å²) in [5.41, 5.74) is 10.3. The number of nitrogens with two attached hydrogens (primary N) is 2. The summed E-state index contributed by atoms with van der Waals surface area (Å²) in [6.07, 6.45) is -2.50. The van der Waals surface area contributed by atoms with E-state index in [1.165, 1.54) is 6.92 Å². The quantitative estimate of drug-likeness (QED) is 0.192. The molecule has 0 aliphatic carbocycles. The lowest BCUT2D eigenvalue weighted by atomic mass is 10.0. The Balaban J connectivity index is 4.34. The van der Waals surface area contributed by atoms with E-state index < -0.39 is 48.4 Å². The van der Waals surface area contributed by atoms with Crippen LogP contribution in [-0.2, 0) is 19.2 Å². The maximum absolute atomic E-state index is 11.6. The molecule has 0 aromatic rings. The largest absolute Gasteiger partial charge is 0.481 e. The van der Waals surface area contributed by atoms with Crippen molar-refractivity contribution in [2.45, 2.75) is 32.0 Å². The first-order valence-electron chi connectivity index (χ1n) is 6.17. The molecule has 0 bridgehead atoms. The zero-order chi connectivity index (χ0) is 16.6. The maximum atomic E-state index is 11.6. The van der Waals surface area contributed by atoms with Crippen molar-refractivity contribution in [3.05, 3.63) is 0 Å². The molecule has 8 N–H and O–H groups in total. The normalized spacial score (nSPS) is 14.6. The van der Waals surface area contributed by atoms with E-state index in [0.717, 1.165) is 0 Å². The second-order valence-electron chi connectivity index (χ2n) is 4.45. The van der Waals surface area contributed by atoms with Crippen molar-refractivity contribution in [3.63, 3.8) is 0 Å². The number of aliphatic hydroxyl groups excluding tert-OH is 1. The van der Waals surface area contributed by atoms with Crippen LogP contribution in [0.5, 0.6) is 0 Å². The molecule has 0 aromatic heterocycles. The lowest BCUT2D eigenvalue weighted by molar-refractivity contribution is -0.147. The van der Waals surface area contributed by atoms with Crippen LogP contribution in [-0.4, -0.2) is 52.7 Å². The highest BCUT2D eigenvalue weighted by molar-refractivity contribution is 5.98. The molecule has 0 spiro atoms. The summed E-state index contributed by atoms with van der Waals surface area (Å²) in [5.74, 6) is -5.22. The van der Waals surface area contributed by atoms with E-state index >= 15 is 0 Å². The Kier molecular flexibility index (Phi) is 7.94. The second kappa shape index (κ2) is 8.87. The van der Waals surface area contributed by atoms with Gasteiger partial charge in [0.25, 0.3) is 0 Å². The van der Waals surface area contributed by atoms with Crippen LogP contribution >= 0.6 is 0 Å². The van der Waals surface area contributed by atoms with Crippen LogP contribution in [0.3, 0.4) is 0 Å². The zero-order valence-corrected chi connectivity index (χ0v) is 11.5. The van der Waals surface area contributed by atoms with Crippen molar-refractivity contribution in [2.75, 3.05) is 6.54 Å². The molecule has 0 heterocycles. The van der Waals surface area contributed by atoms with Gasteiger partial charge < -0.3 is 32.3 Å². The predicted molar refractivity (Wildman–Crippen MR) is 70.4 cm³/mol. The van der Waals surface area contributed by atoms with Gasteiger partial charge in [-0.2, -0.15) is 0 Å². The third kappa shape index (κ3) is 7.84. The molecule has 0 saturated carbocycles. The summed E-state index contributed by atoms with van der Waals surface area (Å²) in [7, 11) is 0. The molecule has 3 amide bonds. The van der Waals surface area contributed by atoms with E-state index in [0.29, 0.717) is 0 Å². The van der Waals surface area contributed by atoms with Crippen LogP contribution in [0.25, 0.3) is 0 Å². The van der Waals surface area contributed by atoms with E-state index in [1.807, 2.05) is 0 Å². The van der Waals surface area contributed by atoms with Crippen molar-refractivity contribution in [2.24, 2.45) is 17.4 Å². The highest BCUT2D eigenvalue weighted by atomic mass is 16.4. The van der Waals surface area contributed by atoms with Crippen LogP contribution in [0.1, 0.15) is 19.8 Å². The lowest BCUT2D eigenvalue weighted by Crippen LogP contribution is -2.51. The van der Waals surface area contributed by atoms with Gasteiger partial charge in [-0.15, -0.1) is 0 Å². The molecule has 0 aliphatic heterocycles. The molecule has 120 valence electrons. The number of carboxylic acids is 1. The van der Waals surface area contributed by atoms with Crippen molar-refractivity contribution < 1.29 is 29.4 Å². The first kappa shape index (κ1) is 18.8. The van der Waals surface area contributed by atoms with Gasteiger partial charge in [0.1, 0.15) is 12.1 Å². The van der Waals surface area contributed by atoms with Crippen molar-refractivity contribution >= 4 is 23.7 Å². The number of amides is 3.